The lowest BCUT2D eigenvalue weighted by Crippen LogP contribution is -1.93. The van der Waals surface area contributed by atoms with Crippen LogP contribution in [0.5, 0.6) is 0 Å². The van der Waals surface area contributed by atoms with E-state index < -0.39 is 0 Å². The Hall–Kier alpha value is -1.15. The number of aliphatic hydroxyl groups excluding tert-OH is 1. The number of hydrogen-bond donors (Lipinski definition) is 1. The van der Waals surface area contributed by atoms with Gasteiger partial charge in [-0.3, -0.25) is 0 Å². The molecule has 1 aromatic carbocycles. The first-order valence-corrected chi connectivity index (χ1v) is 4.82. The number of rotatable bonds is 1. The first-order chi connectivity index (χ1) is 6.66. The molecule has 0 radical (unpaired) electrons. The molecule has 1 unspecified atom stereocenters. The molecule has 74 valence electrons. The minimum Gasteiger partial charge on any atom is -0.389 e. The summed E-state index contributed by atoms with van der Waals surface area (Å²) in [6.45, 7) is 1.96. The maximum atomic E-state index is 13.0. The number of benzene rings is 1. The van der Waals surface area contributed by atoms with Crippen LogP contribution in [0.25, 0.3) is 5.57 Å². The zero-order valence-electron chi connectivity index (χ0n) is 8.13. The normalized spacial score (nSPS) is 21.1. The van der Waals surface area contributed by atoms with E-state index in [-0.39, 0.29) is 11.9 Å². The molecule has 1 atom stereocenters. The van der Waals surface area contributed by atoms with Crippen LogP contribution in [0, 0.1) is 12.7 Å². The summed E-state index contributed by atoms with van der Waals surface area (Å²) >= 11 is 0. The molecule has 0 fully saturated rings. The van der Waals surface area contributed by atoms with Crippen LogP contribution in [0.3, 0.4) is 0 Å². The smallest absolute Gasteiger partial charge is 0.123 e. The van der Waals surface area contributed by atoms with E-state index in [1.54, 1.807) is 12.1 Å². The molecule has 1 aliphatic rings. The zero-order valence-corrected chi connectivity index (χ0v) is 8.13. The summed E-state index contributed by atoms with van der Waals surface area (Å²) in [6, 6.07) is 4.78. The zero-order chi connectivity index (χ0) is 10.1. The van der Waals surface area contributed by atoms with Gasteiger partial charge in [0.1, 0.15) is 5.82 Å². The Labute approximate surface area is 82.9 Å². The molecule has 0 amide bonds. The highest BCUT2D eigenvalue weighted by Gasteiger charge is 2.15. The third kappa shape index (κ3) is 1.70. The summed E-state index contributed by atoms with van der Waals surface area (Å²) in [5, 5.41) is 9.35. The Balaban J connectivity index is 2.41. The van der Waals surface area contributed by atoms with Gasteiger partial charge in [0.25, 0.3) is 0 Å². The van der Waals surface area contributed by atoms with Crippen molar-refractivity contribution in [3.8, 4) is 0 Å². The van der Waals surface area contributed by atoms with Crippen molar-refractivity contribution in [1.29, 1.82) is 0 Å². The molecule has 1 aromatic rings. The van der Waals surface area contributed by atoms with Gasteiger partial charge in [-0.15, -0.1) is 0 Å². The second kappa shape index (κ2) is 3.54. The molecular formula is C12H13FO. The maximum Gasteiger partial charge on any atom is 0.123 e. The molecule has 0 aliphatic heterocycles. The van der Waals surface area contributed by atoms with E-state index in [2.05, 4.69) is 0 Å². The summed E-state index contributed by atoms with van der Waals surface area (Å²) in [6.07, 6.45) is 3.06. The molecule has 0 aromatic heterocycles. The third-order valence-corrected chi connectivity index (χ3v) is 2.65. The van der Waals surface area contributed by atoms with E-state index in [1.807, 2.05) is 13.0 Å². The second-order valence-electron chi connectivity index (χ2n) is 3.76. The number of aliphatic hydroxyl groups is 1. The molecule has 1 nitrogen and oxygen atoms in total. The van der Waals surface area contributed by atoms with Crippen molar-refractivity contribution >= 4 is 5.57 Å². The molecule has 0 spiro atoms. The Kier molecular flexibility index (Phi) is 2.38. The van der Waals surface area contributed by atoms with Gasteiger partial charge in [-0.2, -0.15) is 0 Å². The number of halogens is 1. The van der Waals surface area contributed by atoms with Gasteiger partial charge in [-0.05, 0) is 48.6 Å². The van der Waals surface area contributed by atoms with Crippen molar-refractivity contribution < 1.29 is 9.50 Å². The predicted octanol–water partition coefficient (Wildman–Crippen LogP) is 2.67. The lowest BCUT2D eigenvalue weighted by molar-refractivity contribution is 0.223. The van der Waals surface area contributed by atoms with E-state index in [9.17, 15) is 9.50 Å². The van der Waals surface area contributed by atoms with Crippen molar-refractivity contribution in [1.82, 2.24) is 0 Å². The Morgan fingerprint density at radius 3 is 2.86 bits per heavy atom. The number of aryl methyl sites for hydroxylation is 1. The van der Waals surface area contributed by atoms with Crippen molar-refractivity contribution in [3.63, 3.8) is 0 Å². The fraction of sp³-hybridized carbons (Fsp3) is 0.333. The van der Waals surface area contributed by atoms with E-state index in [0.29, 0.717) is 0 Å². The number of hydrogen-bond acceptors (Lipinski definition) is 1. The average molecular weight is 192 g/mol. The van der Waals surface area contributed by atoms with Crippen molar-refractivity contribution in [2.24, 2.45) is 0 Å². The van der Waals surface area contributed by atoms with E-state index >= 15 is 0 Å². The summed E-state index contributed by atoms with van der Waals surface area (Å²) < 4.78 is 13.0. The molecule has 14 heavy (non-hydrogen) atoms. The van der Waals surface area contributed by atoms with Gasteiger partial charge in [0.15, 0.2) is 0 Å². The van der Waals surface area contributed by atoms with Gasteiger partial charge in [0.05, 0.1) is 6.10 Å². The topological polar surface area (TPSA) is 20.2 Å². The first-order valence-electron chi connectivity index (χ1n) is 4.82. The fourth-order valence-electron chi connectivity index (χ4n) is 1.87. The fourth-order valence-corrected chi connectivity index (χ4v) is 1.87. The van der Waals surface area contributed by atoms with Crippen LogP contribution >= 0.6 is 0 Å². The highest BCUT2D eigenvalue weighted by Crippen LogP contribution is 2.30. The molecule has 0 heterocycles. The monoisotopic (exact) mass is 192 g/mol. The Morgan fingerprint density at radius 2 is 2.21 bits per heavy atom. The van der Waals surface area contributed by atoms with E-state index in [1.165, 1.54) is 6.07 Å². The average Bonchev–Trinajstić information content (AvgIpc) is 2.56. The summed E-state index contributed by atoms with van der Waals surface area (Å²) in [4.78, 5) is 0. The van der Waals surface area contributed by atoms with Crippen LogP contribution in [0.15, 0.2) is 24.3 Å². The quantitative estimate of drug-likeness (QED) is 0.725. The third-order valence-electron chi connectivity index (χ3n) is 2.65. The van der Waals surface area contributed by atoms with Crippen LogP contribution < -0.4 is 0 Å². The van der Waals surface area contributed by atoms with Gasteiger partial charge in [-0.1, -0.05) is 12.1 Å². The molecule has 0 bridgehead atoms. The molecule has 0 saturated heterocycles. The van der Waals surface area contributed by atoms with Crippen LogP contribution in [0.1, 0.15) is 24.0 Å². The van der Waals surface area contributed by atoms with Gasteiger partial charge in [0.2, 0.25) is 0 Å². The molecular weight excluding hydrogens is 179 g/mol. The van der Waals surface area contributed by atoms with Gasteiger partial charge in [-0.25, -0.2) is 4.39 Å². The minimum atomic E-state index is -0.354. The highest BCUT2D eigenvalue weighted by molar-refractivity contribution is 5.70. The van der Waals surface area contributed by atoms with Crippen LogP contribution in [-0.4, -0.2) is 11.2 Å². The van der Waals surface area contributed by atoms with Crippen LogP contribution in [-0.2, 0) is 0 Å². The van der Waals surface area contributed by atoms with Gasteiger partial charge >= 0.3 is 0 Å². The summed E-state index contributed by atoms with van der Waals surface area (Å²) in [7, 11) is 0. The van der Waals surface area contributed by atoms with E-state index in [4.69, 9.17) is 0 Å². The van der Waals surface area contributed by atoms with Gasteiger partial charge < -0.3 is 5.11 Å². The van der Waals surface area contributed by atoms with Crippen LogP contribution in [0.2, 0.25) is 0 Å². The molecule has 1 N–H and O–H groups in total. The predicted molar refractivity (Wildman–Crippen MR) is 54.4 cm³/mol. The molecule has 2 rings (SSSR count). The lowest BCUT2D eigenvalue weighted by atomic mass is 10.0. The highest BCUT2D eigenvalue weighted by atomic mass is 19.1. The Bertz CT molecular complexity index is 382. The van der Waals surface area contributed by atoms with E-state index in [0.717, 1.165) is 29.5 Å². The summed E-state index contributed by atoms with van der Waals surface area (Å²) in [5.74, 6) is -0.215. The lowest BCUT2D eigenvalue weighted by Gasteiger charge is -2.06. The Morgan fingerprint density at radius 1 is 1.43 bits per heavy atom. The first kappa shape index (κ1) is 9.41. The molecule has 1 aliphatic carbocycles. The van der Waals surface area contributed by atoms with Crippen molar-refractivity contribution in [2.45, 2.75) is 25.9 Å². The van der Waals surface area contributed by atoms with Crippen molar-refractivity contribution in [2.75, 3.05) is 0 Å². The van der Waals surface area contributed by atoms with Crippen molar-refractivity contribution in [3.05, 3.63) is 41.2 Å². The SMILES string of the molecule is Cc1ccc(F)cc1C1=CC(O)CC1. The molecule has 2 heteroatoms. The van der Waals surface area contributed by atoms with Gasteiger partial charge in [0, 0.05) is 0 Å². The van der Waals surface area contributed by atoms with Crippen LogP contribution in [0.4, 0.5) is 4.39 Å². The molecule has 0 saturated carbocycles. The maximum absolute atomic E-state index is 13.0. The standard InChI is InChI=1S/C12H13FO/c1-8-2-4-10(13)7-12(8)9-3-5-11(14)6-9/h2,4,6-7,11,14H,3,5H2,1H3. The minimum absolute atomic E-state index is 0.215. The second-order valence-corrected chi connectivity index (χ2v) is 3.76. The largest absolute Gasteiger partial charge is 0.389 e. The number of allylic oxidation sites excluding steroid dienone is 1. The summed E-state index contributed by atoms with van der Waals surface area (Å²) in [5.41, 5.74) is 3.06.